The number of carbonyl (C=O) groups excluding carboxylic acids is 2. The highest BCUT2D eigenvalue weighted by Gasteiger charge is 2.47. The van der Waals surface area contributed by atoms with Crippen LogP contribution in [0, 0.1) is 11.3 Å². The number of allylic oxidation sites excluding steroid dienone is 1. The van der Waals surface area contributed by atoms with Crippen LogP contribution in [-0.4, -0.2) is 46.4 Å². The number of pyridine rings is 1. The predicted octanol–water partition coefficient (Wildman–Crippen LogP) is 6.42. The van der Waals surface area contributed by atoms with Gasteiger partial charge in [0, 0.05) is 36.4 Å². The number of likely N-dealkylation sites (tertiary alicyclic amines) is 1. The van der Waals surface area contributed by atoms with Gasteiger partial charge in [0.05, 0.1) is 18.1 Å². The number of ether oxygens (including phenoxy) is 1. The smallest absolute Gasteiger partial charge is 0.406 e. The molecule has 3 aromatic rings. The summed E-state index contributed by atoms with van der Waals surface area (Å²) >= 11 is 0. The van der Waals surface area contributed by atoms with E-state index >= 15 is 0 Å². The Morgan fingerprint density at radius 3 is 2.54 bits per heavy atom. The first kappa shape index (κ1) is 27.7. The molecule has 0 spiro atoms. The first-order chi connectivity index (χ1) is 18.3. The maximum absolute atomic E-state index is 13.7. The first-order valence-electron chi connectivity index (χ1n) is 11.9. The predicted molar refractivity (Wildman–Crippen MR) is 133 cm³/mol. The molecular weight excluding hydrogens is 521 g/mol. The fraction of sp³-hybridized carbons (Fsp3) is 0.286. The molecule has 1 atom stereocenters. The lowest BCUT2D eigenvalue weighted by Gasteiger charge is -2.18. The molecule has 1 aromatic heterocycles. The number of amides is 1. The van der Waals surface area contributed by atoms with Gasteiger partial charge in [0.2, 0.25) is 5.91 Å². The van der Waals surface area contributed by atoms with Crippen molar-refractivity contribution in [2.75, 3.05) is 6.54 Å². The molecule has 1 aliphatic heterocycles. The van der Waals surface area contributed by atoms with Crippen LogP contribution >= 0.6 is 0 Å². The Morgan fingerprint density at radius 1 is 1.15 bits per heavy atom. The van der Waals surface area contributed by atoms with Crippen LogP contribution in [-0.2, 0) is 4.79 Å². The van der Waals surface area contributed by atoms with E-state index in [1.165, 1.54) is 36.5 Å². The van der Waals surface area contributed by atoms with Crippen molar-refractivity contribution < 1.29 is 36.3 Å². The summed E-state index contributed by atoms with van der Waals surface area (Å²) in [4.78, 5) is 30.6. The molecule has 6 nitrogen and oxygen atoms in total. The van der Waals surface area contributed by atoms with E-state index in [-0.39, 0.29) is 24.4 Å². The molecule has 0 unspecified atom stereocenters. The Balaban J connectivity index is 1.51. The summed E-state index contributed by atoms with van der Waals surface area (Å²) in [7, 11) is 0. The van der Waals surface area contributed by atoms with Crippen molar-refractivity contribution in [1.29, 1.82) is 5.26 Å². The number of nitrogens with zero attached hydrogens (tertiary/aromatic N) is 3. The average molecular weight is 543 g/mol. The van der Waals surface area contributed by atoms with Crippen molar-refractivity contribution in [2.24, 2.45) is 0 Å². The van der Waals surface area contributed by atoms with E-state index < -0.39 is 37.2 Å². The maximum atomic E-state index is 13.7. The van der Waals surface area contributed by atoms with Crippen LogP contribution in [0.25, 0.3) is 22.6 Å². The molecule has 202 valence electrons. The fourth-order valence-corrected chi connectivity index (χ4v) is 4.44. The highest BCUT2D eigenvalue weighted by molar-refractivity contribution is 6.08. The molecule has 1 fully saturated rings. The third-order valence-electron chi connectivity index (χ3n) is 6.30. The molecule has 0 saturated carbocycles. The topological polar surface area (TPSA) is 83.3 Å². The minimum Gasteiger partial charge on any atom is -0.406 e. The minimum absolute atomic E-state index is 0.233. The van der Waals surface area contributed by atoms with Crippen molar-refractivity contribution in [1.82, 2.24) is 9.88 Å². The van der Waals surface area contributed by atoms with Crippen LogP contribution in [0.15, 0.2) is 54.7 Å². The van der Waals surface area contributed by atoms with Gasteiger partial charge in [-0.15, -0.1) is 13.2 Å². The van der Waals surface area contributed by atoms with Gasteiger partial charge in [-0.05, 0) is 54.0 Å². The molecule has 0 aliphatic carbocycles. The second-order valence-corrected chi connectivity index (χ2v) is 9.18. The van der Waals surface area contributed by atoms with Gasteiger partial charge in [-0.3, -0.25) is 14.6 Å². The number of fused-ring (bicyclic) bond motifs is 1. The van der Waals surface area contributed by atoms with Gasteiger partial charge in [-0.1, -0.05) is 24.3 Å². The number of nitriles is 1. The lowest BCUT2D eigenvalue weighted by Crippen LogP contribution is -2.36. The van der Waals surface area contributed by atoms with Crippen molar-refractivity contribution in [2.45, 2.75) is 44.5 Å². The summed E-state index contributed by atoms with van der Waals surface area (Å²) in [5.74, 6) is -4.54. The number of Topliss-reactive ketones (excluding diaryl/α,β-unsaturated/α-hetero) is 1. The van der Waals surface area contributed by atoms with E-state index in [0.717, 1.165) is 10.5 Å². The highest BCUT2D eigenvalue weighted by atomic mass is 19.4. The van der Waals surface area contributed by atoms with Crippen molar-refractivity contribution in [3.63, 3.8) is 0 Å². The number of carbonyl (C=O) groups is 2. The first-order valence-corrected chi connectivity index (χ1v) is 11.9. The molecule has 1 amide bonds. The van der Waals surface area contributed by atoms with Gasteiger partial charge >= 0.3 is 6.36 Å². The second kappa shape index (κ2) is 10.8. The van der Waals surface area contributed by atoms with Gasteiger partial charge in [-0.2, -0.15) is 5.26 Å². The van der Waals surface area contributed by atoms with E-state index in [2.05, 4.69) is 9.72 Å². The molecular formula is C28H22F5N3O3. The number of hydrogen-bond donors (Lipinski definition) is 0. The highest BCUT2D eigenvalue weighted by Crippen LogP contribution is 2.32. The van der Waals surface area contributed by atoms with E-state index in [0.29, 0.717) is 27.6 Å². The lowest BCUT2D eigenvalue weighted by atomic mass is 9.98. The molecule has 1 aliphatic rings. The van der Waals surface area contributed by atoms with E-state index in [1.54, 1.807) is 37.3 Å². The molecule has 11 heteroatoms. The van der Waals surface area contributed by atoms with Gasteiger partial charge in [0.15, 0.2) is 5.78 Å². The zero-order valence-corrected chi connectivity index (χ0v) is 20.6. The zero-order chi connectivity index (χ0) is 28.4. The van der Waals surface area contributed by atoms with Crippen LogP contribution in [0.1, 0.15) is 47.7 Å². The average Bonchev–Trinajstić information content (AvgIpc) is 3.20. The van der Waals surface area contributed by atoms with Crippen molar-refractivity contribution >= 4 is 34.2 Å². The molecule has 4 rings (SSSR count). The number of halogens is 5. The quantitative estimate of drug-likeness (QED) is 0.195. The number of hydrogen-bond acceptors (Lipinski definition) is 5. The van der Waals surface area contributed by atoms with Gasteiger partial charge in [-0.25, -0.2) is 8.78 Å². The lowest BCUT2D eigenvalue weighted by molar-refractivity contribution is -0.274. The van der Waals surface area contributed by atoms with E-state index in [4.69, 9.17) is 5.26 Å². The minimum atomic E-state index is -4.78. The Labute approximate surface area is 220 Å². The summed E-state index contributed by atoms with van der Waals surface area (Å²) in [5, 5.41) is 9.62. The third-order valence-corrected chi connectivity index (χ3v) is 6.30. The number of benzene rings is 2. The fourth-order valence-electron chi connectivity index (χ4n) is 4.44. The van der Waals surface area contributed by atoms with Gasteiger partial charge < -0.3 is 9.64 Å². The normalized spacial score (nSPS) is 17.2. The van der Waals surface area contributed by atoms with E-state index in [9.17, 15) is 31.5 Å². The standard InChI is InChI=1S/C28H22F5N3O3/c1-17(19-3-5-21(6-4-19)39-28(31,32)33)12-18-2-7-24-23(13-18)22(10-11-35-24)25(37)8-9-26(38)36-16-27(29,30)14-20(36)15-34/h2-7,10-13,20H,8-9,14,16H2,1H3/b17-12+/t20-/m0/s1. The molecule has 0 bridgehead atoms. The van der Waals surface area contributed by atoms with Gasteiger partial charge in [0.25, 0.3) is 5.92 Å². The summed E-state index contributed by atoms with van der Waals surface area (Å²) < 4.78 is 68.4. The van der Waals surface area contributed by atoms with Gasteiger partial charge in [0.1, 0.15) is 11.8 Å². The van der Waals surface area contributed by atoms with Crippen LogP contribution < -0.4 is 4.74 Å². The Hall–Kier alpha value is -4.33. The summed E-state index contributed by atoms with van der Waals surface area (Å²) in [6.45, 7) is 0.935. The Kier molecular flexibility index (Phi) is 7.67. The van der Waals surface area contributed by atoms with Crippen molar-refractivity contribution in [3.05, 3.63) is 71.4 Å². The Morgan fingerprint density at radius 2 is 1.87 bits per heavy atom. The number of alkyl halides is 5. The zero-order valence-electron chi connectivity index (χ0n) is 20.6. The summed E-state index contributed by atoms with van der Waals surface area (Å²) in [6, 6.07) is 12.6. The monoisotopic (exact) mass is 543 g/mol. The second-order valence-electron chi connectivity index (χ2n) is 9.18. The van der Waals surface area contributed by atoms with E-state index in [1.807, 2.05) is 0 Å². The SMILES string of the molecule is C/C(=C\c1ccc2nccc(C(=O)CCC(=O)N3CC(F)(F)C[C@H]3C#N)c2c1)c1ccc(OC(F)(F)F)cc1. The molecule has 39 heavy (non-hydrogen) atoms. The van der Waals surface area contributed by atoms with Crippen LogP contribution in [0.5, 0.6) is 5.75 Å². The third kappa shape index (κ3) is 6.76. The van der Waals surface area contributed by atoms with Crippen LogP contribution in [0.2, 0.25) is 0 Å². The number of rotatable bonds is 7. The Bertz CT molecular complexity index is 1480. The van der Waals surface area contributed by atoms with Crippen LogP contribution in [0.3, 0.4) is 0 Å². The molecule has 0 N–H and O–H groups in total. The maximum Gasteiger partial charge on any atom is 0.573 e. The molecule has 0 radical (unpaired) electrons. The summed E-state index contributed by atoms with van der Waals surface area (Å²) in [6.07, 6.45) is -2.81. The summed E-state index contributed by atoms with van der Waals surface area (Å²) in [5.41, 5.74) is 2.93. The molecule has 1 saturated heterocycles. The number of ketones is 1. The molecule has 2 heterocycles. The largest absolute Gasteiger partial charge is 0.573 e. The van der Waals surface area contributed by atoms with Crippen molar-refractivity contribution in [3.8, 4) is 11.8 Å². The van der Waals surface area contributed by atoms with Crippen LogP contribution in [0.4, 0.5) is 22.0 Å². The molecule has 2 aromatic carbocycles. The number of aromatic nitrogens is 1.